The molecule has 4 aromatic rings. The molecule has 2 unspecified atom stereocenters. The molecule has 0 spiro atoms. The molecule has 2 aromatic carbocycles. The Labute approximate surface area is 195 Å². The number of nitro groups is 1. The third-order valence-corrected chi connectivity index (χ3v) is 5.95. The van der Waals surface area contributed by atoms with E-state index in [-0.39, 0.29) is 17.8 Å². The van der Waals surface area contributed by atoms with Gasteiger partial charge in [-0.05, 0) is 61.1 Å². The van der Waals surface area contributed by atoms with E-state index >= 15 is 0 Å². The molecule has 0 radical (unpaired) electrons. The summed E-state index contributed by atoms with van der Waals surface area (Å²) in [6.07, 6.45) is 1.75. The average molecular weight is 457 g/mol. The standard InChI is InChI=1S/C25H20N4O3S/c1-16-6-4-8-18(14-16)28-24(23(27-25(28)33)20-10-2-3-13-26-20)22-12-11-21(32-22)17-7-5-9-19(15-17)29(30)31/h2-15,23-24H,1H3,(H,27,33). The Morgan fingerprint density at radius 3 is 2.67 bits per heavy atom. The Balaban J connectivity index is 1.59. The second-order valence-electron chi connectivity index (χ2n) is 7.85. The summed E-state index contributed by atoms with van der Waals surface area (Å²) < 4.78 is 6.28. The number of hydrogen-bond acceptors (Lipinski definition) is 5. The Kier molecular flexibility index (Phi) is 5.35. The van der Waals surface area contributed by atoms with Gasteiger partial charge < -0.3 is 14.6 Å². The number of aromatic nitrogens is 1. The molecule has 8 heteroatoms. The molecule has 5 rings (SSSR count). The smallest absolute Gasteiger partial charge is 0.270 e. The van der Waals surface area contributed by atoms with Crippen molar-refractivity contribution < 1.29 is 9.34 Å². The number of aryl methyl sites for hydroxylation is 1. The summed E-state index contributed by atoms with van der Waals surface area (Å²) >= 11 is 5.74. The molecule has 0 saturated carbocycles. The molecule has 0 aliphatic carbocycles. The van der Waals surface area contributed by atoms with E-state index < -0.39 is 4.92 Å². The second-order valence-corrected chi connectivity index (χ2v) is 8.23. The van der Waals surface area contributed by atoms with Crippen molar-refractivity contribution in [3.63, 3.8) is 0 Å². The normalized spacial score (nSPS) is 17.7. The van der Waals surface area contributed by atoms with Gasteiger partial charge >= 0.3 is 0 Å². The van der Waals surface area contributed by atoms with E-state index in [0.29, 0.717) is 22.2 Å². The monoisotopic (exact) mass is 456 g/mol. The molecule has 2 aromatic heterocycles. The Hall–Kier alpha value is -4.04. The van der Waals surface area contributed by atoms with Crippen molar-refractivity contribution in [2.45, 2.75) is 19.0 Å². The number of anilines is 1. The van der Waals surface area contributed by atoms with Crippen molar-refractivity contribution in [3.8, 4) is 11.3 Å². The molecule has 33 heavy (non-hydrogen) atoms. The lowest BCUT2D eigenvalue weighted by molar-refractivity contribution is -0.384. The molecule has 1 N–H and O–H groups in total. The molecule has 1 fully saturated rings. The number of thiocarbonyl (C=S) groups is 1. The van der Waals surface area contributed by atoms with E-state index in [1.165, 1.54) is 12.1 Å². The zero-order chi connectivity index (χ0) is 22.9. The molecule has 0 bridgehead atoms. The first-order chi connectivity index (χ1) is 16.0. The van der Waals surface area contributed by atoms with Crippen molar-refractivity contribution >= 4 is 28.7 Å². The van der Waals surface area contributed by atoms with Crippen molar-refractivity contribution in [1.82, 2.24) is 10.3 Å². The van der Waals surface area contributed by atoms with Gasteiger partial charge in [-0.1, -0.05) is 30.3 Å². The molecule has 3 heterocycles. The maximum Gasteiger partial charge on any atom is 0.270 e. The van der Waals surface area contributed by atoms with Crippen molar-refractivity contribution in [2.24, 2.45) is 0 Å². The highest BCUT2D eigenvalue weighted by Crippen LogP contribution is 2.43. The topological polar surface area (TPSA) is 84.4 Å². The summed E-state index contributed by atoms with van der Waals surface area (Å²) in [6, 6.07) is 23.5. The number of furan rings is 1. The average Bonchev–Trinajstić information content (AvgIpc) is 3.44. The van der Waals surface area contributed by atoms with Gasteiger partial charge in [-0.2, -0.15) is 0 Å². The lowest BCUT2D eigenvalue weighted by Crippen LogP contribution is -2.29. The number of nitro benzene ring substituents is 1. The van der Waals surface area contributed by atoms with Crippen LogP contribution in [0.2, 0.25) is 0 Å². The van der Waals surface area contributed by atoms with E-state index in [9.17, 15) is 10.1 Å². The summed E-state index contributed by atoms with van der Waals surface area (Å²) in [4.78, 5) is 17.4. The number of benzene rings is 2. The molecule has 1 aliphatic rings. The fraction of sp³-hybridized carbons (Fsp3) is 0.120. The van der Waals surface area contributed by atoms with Crippen LogP contribution >= 0.6 is 12.2 Å². The highest BCUT2D eigenvalue weighted by atomic mass is 32.1. The highest BCUT2D eigenvalue weighted by molar-refractivity contribution is 7.80. The van der Waals surface area contributed by atoms with E-state index in [4.69, 9.17) is 16.6 Å². The Morgan fingerprint density at radius 2 is 1.91 bits per heavy atom. The van der Waals surface area contributed by atoms with E-state index in [1.807, 2.05) is 60.4 Å². The van der Waals surface area contributed by atoms with Gasteiger partial charge in [-0.25, -0.2) is 0 Å². The first-order valence-corrected chi connectivity index (χ1v) is 10.8. The van der Waals surface area contributed by atoms with Crippen molar-refractivity contribution in [2.75, 3.05) is 4.90 Å². The molecule has 7 nitrogen and oxygen atoms in total. The third-order valence-electron chi connectivity index (χ3n) is 5.64. The Morgan fingerprint density at radius 1 is 1.06 bits per heavy atom. The predicted octanol–water partition coefficient (Wildman–Crippen LogP) is 5.74. The van der Waals surface area contributed by atoms with Gasteiger partial charge in [-0.3, -0.25) is 15.1 Å². The van der Waals surface area contributed by atoms with Crippen LogP contribution in [0.5, 0.6) is 0 Å². The van der Waals surface area contributed by atoms with Gasteiger partial charge in [-0.15, -0.1) is 0 Å². The number of hydrogen-bond donors (Lipinski definition) is 1. The van der Waals surface area contributed by atoms with E-state index in [0.717, 1.165) is 16.9 Å². The minimum atomic E-state index is -0.413. The largest absolute Gasteiger partial charge is 0.459 e. The van der Waals surface area contributed by atoms with Crippen LogP contribution < -0.4 is 10.2 Å². The van der Waals surface area contributed by atoms with Crippen LogP contribution in [0.3, 0.4) is 0 Å². The molecule has 2 atom stereocenters. The van der Waals surface area contributed by atoms with Crippen LogP contribution in [0.25, 0.3) is 11.3 Å². The molecule has 1 aliphatic heterocycles. The predicted molar refractivity (Wildman–Crippen MR) is 130 cm³/mol. The molecule has 1 saturated heterocycles. The SMILES string of the molecule is Cc1cccc(N2C(=S)NC(c3ccccn3)C2c2ccc(-c3cccc([N+](=O)[O-])c3)o2)c1. The number of nitrogens with one attached hydrogen (secondary N) is 1. The number of nitrogens with zero attached hydrogens (tertiary/aromatic N) is 3. The van der Waals surface area contributed by atoms with Gasteiger partial charge in [0.2, 0.25) is 0 Å². The quantitative estimate of drug-likeness (QED) is 0.233. The number of pyridine rings is 1. The number of rotatable bonds is 5. The lowest BCUT2D eigenvalue weighted by Gasteiger charge is -2.26. The van der Waals surface area contributed by atoms with Gasteiger partial charge in [0.05, 0.1) is 16.7 Å². The first-order valence-electron chi connectivity index (χ1n) is 10.4. The van der Waals surface area contributed by atoms with Crippen LogP contribution in [0.1, 0.15) is 29.1 Å². The maximum atomic E-state index is 11.2. The minimum absolute atomic E-state index is 0.0157. The summed E-state index contributed by atoms with van der Waals surface area (Å²) in [6.45, 7) is 2.04. The zero-order valence-electron chi connectivity index (χ0n) is 17.7. The van der Waals surface area contributed by atoms with E-state index in [2.05, 4.69) is 16.4 Å². The highest BCUT2D eigenvalue weighted by Gasteiger charge is 2.42. The third kappa shape index (κ3) is 3.96. The zero-order valence-corrected chi connectivity index (χ0v) is 18.5. The van der Waals surface area contributed by atoms with Gasteiger partial charge in [0.25, 0.3) is 5.69 Å². The fourth-order valence-electron chi connectivity index (χ4n) is 4.14. The van der Waals surface area contributed by atoms with Crippen molar-refractivity contribution in [1.29, 1.82) is 0 Å². The molecular formula is C25H20N4O3S. The van der Waals surface area contributed by atoms with E-state index in [1.54, 1.807) is 18.3 Å². The Bertz CT molecular complexity index is 1340. The summed E-state index contributed by atoms with van der Waals surface area (Å²) in [5.41, 5.74) is 3.56. The van der Waals surface area contributed by atoms with Crippen LogP contribution in [0.4, 0.5) is 11.4 Å². The molecular weight excluding hydrogens is 436 g/mol. The van der Waals surface area contributed by atoms with Gasteiger partial charge in [0, 0.05) is 29.6 Å². The molecule has 0 amide bonds. The van der Waals surface area contributed by atoms with Crippen molar-refractivity contribution in [3.05, 3.63) is 112 Å². The second kappa shape index (κ2) is 8.48. The van der Waals surface area contributed by atoms with Crippen LogP contribution in [-0.4, -0.2) is 15.0 Å². The fourth-order valence-corrected chi connectivity index (χ4v) is 4.49. The lowest BCUT2D eigenvalue weighted by atomic mass is 10.0. The van der Waals surface area contributed by atoms with Crippen LogP contribution in [0, 0.1) is 17.0 Å². The minimum Gasteiger partial charge on any atom is -0.459 e. The van der Waals surface area contributed by atoms with Gasteiger partial charge in [0.15, 0.2) is 5.11 Å². The van der Waals surface area contributed by atoms with Crippen LogP contribution in [0.15, 0.2) is 89.5 Å². The van der Waals surface area contributed by atoms with Gasteiger partial charge in [0.1, 0.15) is 17.6 Å². The molecule has 164 valence electrons. The summed E-state index contributed by atoms with van der Waals surface area (Å²) in [7, 11) is 0. The van der Waals surface area contributed by atoms with Crippen LogP contribution in [-0.2, 0) is 0 Å². The summed E-state index contributed by atoms with van der Waals surface area (Å²) in [5.74, 6) is 1.23. The maximum absolute atomic E-state index is 11.2. The number of non-ortho nitro benzene ring substituents is 1. The summed E-state index contributed by atoms with van der Waals surface area (Å²) in [5, 5.41) is 15.2. The first kappa shape index (κ1) is 20.8.